The molecule has 1 aliphatic rings. The average molecular weight is 369 g/mol. The number of amides is 2. The molecule has 1 heterocycles. The van der Waals surface area contributed by atoms with Crippen molar-refractivity contribution in [3.63, 3.8) is 0 Å². The maximum absolute atomic E-state index is 14.2. The quantitative estimate of drug-likeness (QED) is 0.839. The fourth-order valence-corrected chi connectivity index (χ4v) is 3.34. The summed E-state index contributed by atoms with van der Waals surface area (Å²) in [5, 5.41) is 5.40. The van der Waals surface area contributed by atoms with Crippen molar-refractivity contribution in [1.82, 2.24) is 0 Å². The molecular formula is C21H24FN3O2. The summed E-state index contributed by atoms with van der Waals surface area (Å²) >= 11 is 0. The monoisotopic (exact) mass is 369 g/mol. The van der Waals surface area contributed by atoms with E-state index in [0.29, 0.717) is 11.4 Å². The van der Waals surface area contributed by atoms with Crippen LogP contribution in [0.2, 0.25) is 0 Å². The van der Waals surface area contributed by atoms with Crippen LogP contribution in [0.1, 0.15) is 43.0 Å². The first-order chi connectivity index (χ1) is 13.0. The maximum Gasteiger partial charge on any atom is 0.258 e. The highest BCUT2D eigenvalue weighted by molar-refractivity contribution is 6.07. The molecule has 142 valence electrons. The topological polar surface area (TPSA) is 61.4 Å². The second-order valence-electron chi connectivity index (χ2n) is 6.75. The third kappa shape index (κ3) is 4.84. The molecule has 1 aliphatic heterocycles. The SMILES string of the molecule is CC(=O)Nc1ccc(F)c(C(=O)Nc2ccccc2N2CCCCCC2)c1. The number of carbonyl (C=O) groups excluding carboxylic acids is 2. The Labute approximate surface area is 158 Å². The summed E-state index contributed by atoms with van der Waals surface area (Å²) in [6.45, 7) is 3.25. The zero-order chi connectivity index (χ0) is 19.2. The third-order valence-electron chi connectivity index (χ3n) is 4.63. The Kier molecular flexibility index (Phi) is 6.06. The van der Waals surface area contributed by atoms with Crippen molar-refractivity contribution in [3.05, 3.63) is 53.8 Å². The predicted octanol–water partition coefficient (Wildman–Crippen LogP) is 4.42. The first-order valence-electron chi connectivity index (χ1n) is 9.27. The molecule has 2 aromatic carbocycles. The van der Waals surface area contributed by atoms with Gasteiger partial charge in [-0.2, -0.15) is 0 Å². The van der Waals surface area contributed by atoms with E-state index in [2.05, 4.69) is 15.5 Å². The molecule has 2 amide bonds. The average Bonchev–Trinajstić information content (AvgIpc) is 2.92. The minimum atomic E-state index is -0.631. The van der Waals surface area contributed by atoms with Crippen LogP contribution >= 0.6 is 0 Å². The number of para-hydroxylation sites is 2. The van der Waals surface area contributed by atoms with Crippen molar-refractivity contribution in [1.29, 1.82) is 0 Å². The van der Waals surface area contributed by atoms with Crippen LogP contribution in [-0.2, 0) is 4.79 Å². The molecule has 27 heavy (non-hydrogen) atoms. The number of anilines is 3. The van der Waals surface area contributed by atoms with Gasteiger partial charge in [0.05, 0.1) is 16.9 Å². The van der Waals surface area contributed by atoms with Gasteiger partial charge in [-0.1, -0.05) is 25.0 Å². The Bertz CT molecular complexity index is 830. The predicted molar refractivity (Wildman–Crippen MR) is 106 cm³/mol. The van der Waals surface area contributed by atoms with Gasteiger partial charge >= 0.3 is 0 Å². The molecular weight excluding hydrogens is 345 g/mol. The normalized spacial score (nSPS) is 14.4. The highest BCUT2D eigenvalue weighted by Gasteiger charge is 2.18. The number of hydrogen-bond acceptors (Lipinski definition) is 3. The number of hydrogen-bond donors (Lipinski definition) is 2. The van der Waals surface area contributed by atoms with Gasteiger partial charge in [0.15, 0.2) is 0 Å². The summed E-state index contributed by atoms with van der Waals surface area (Å²) in [5.74, 6) is -1.45. The number of carbonyl (C=O) groups is 2. The molecule has 0 aliphatic carbocycles. The highest BCUT2D eigenvalue weighted by atomic mass is 19.1. The van der Waals surface area contributed by atoms with Gasteiger partial charge in [0.1, 0.15) is 5.82 Å². The molecule has 0 spiro atoms. The minimum absolute atomic E-state index is 0.105. The summed E-state index contributed by atoms with van der Waals surface area (Å²) in [6, 6.07) is 11.5. The zero-order valence-corrected chi connectivity index (χ0v) is 15.4. The van der Waals surface area contributed by atoms with Crippen LogP contribution < -0.4 is 15.5 Å². The largest absolute Gasteiger partial charge is 0.370 e. The van der Waals surface area contributed by atoms with Gasteiger partial charge in [-0.25, -0.2) is 4.39 Å². The first-order valence-corrected chi connectivity index (χ1v) is 9.27. The van der Waals surface area contributed by atoms with Gasteiger partial charge in [-0.05, 0) is 43.2 Å². The van der Waals surface area contributed by atoms with Gasteiger partial charge in [0.25, 0.3) is 5.91 Å². The fourth-order valence-electron chi connectivity index (χ4n) is 3.34. The van der Waals surface area contributed by atoms with Crippen molar-refractivity contribution < 1.29 is 14.0 Å². The molecule has 2 N–H and O–H groups in total. The first kappa shape index (κ1) is 18.9. The van der Waals surface area contributed by atoms with E-state index in [1.807, 2.05) is 24.3 Å². The van der Waals surface area contributed by atoms with E-state index in [0.717, 1.165) is 31.6 Å². The third-order valence-corrected chi connectivity index (χ3v) is 4.63. The van der Waals surface area contributed by atoms with E-state index in [9.17, 15) is 14.0 Å². The van der Waals surface area contributed by atoms with E-state index in [1.54, 1.807) is 0 Å². The number of rotatable bonds is 4. The van der Waals surface area contributed by atoms with E-state index in [4.69, 9.17) is 0 Å². The lowest BCUT2D eigenvalue weighted by Crippen LogP contribution is -2.26. The molecule has 3 rings (SSSR count). The number of halogens is 1. The molecule has 0 radical (unpaired) electrons. The van der Waals surface area contributed by atoms with Crippen molar-refractivity contribution in [2.24, 2.45) is 0 Å². The number of nitrogens with one attached hydrogen (secondary N) is 2. The Morgan fingerprint density at radius 3 is 2.37 bits per heavy atom. The standard InChI is InChI=1S/C21H24FN3O2/c1-15(26)23-16-10-11-18(22)17(14-16)21(27)24-19-8-4-5-9-20(19)25-12-6-2-3-7-13-25/h4-5,8-11,14H,2-3,6-7,12-13H2,1H3,(H,23,26)(H,24,27). The van der Waals surface area contributed by atoms with Crippen molar-refractivity contribution in [2.75, 3.05) is 28.6 Å². The molecule has 1 saturated heterocycles. The van der Waals surface area contributed by atoms with Crippen LogP contribution in [0, 0.1) is 5.82 Å². The minimum Gasteiger partial charge on any atom is -0.370 e. The molecule has 0 aromatic heterocycles. The summed E-state index contributed by atoms with van der Waals surface area (Å²) in [6.07, 6.45) is 4.67. The Balaban J connectivity index is 1.83. The number of benzene rings is 2. The van der Waals surface area contributed by atoms with Crippen molar-refractivity contribution >= 4 is 28.9 Å². The second kappa shape index (κ2) is 8.66. The van der Waals surface area contributed by atoms with E-state index >= 15 is 0 Å². The van der Waals surface area contributed by atoms with Crippen LogP contribution in [0.3, 0.4) is 0 Å². The van der Waals surface area contributed by atoms with Crippen LogP contribution in [-0.4, -0.2) is 24.9 Å². The van der Waals surface area contributed by atoms with Gasteiger partial charge in [0, 0.05) is 25.7 Å². The van der Waals surface area contributed by atoms with Crippen molar-refractivity contribution in [3.8, 4) is 0 Å². The van der Waals surface area contributed by atoms with Crippen LogP contribution in [0.4, 0.5) is 21.5 Å². The Morgan fingerprint density at radius 1 is 0.963 bits per heavy atom. The molecule has 6 heteroatoms. The van der Waals surface area contributed by atoms with E-state index in [1.165, 1.54) is 38.0 Å². The Hall–Kier alpha value is -2.89. The molecule has 0 bridgehead atoms. The highest BCUT2D eigenvalue weighted by Crippen LogP contribution is 2.28. The molecule has 0 saturated carbocycles. The number of nitrogens with zero attached hydrogens (tertiary/aromatic N) is 1. The lowest BCUT2D eigenvalue weighted by molar-refractivity contribution is -0.114. The Morgan fingerprint density at radius 2 is 1.67 bits per heavy atom. The lowest BCUT2D eigenvalue weighted by atomic mass is 10.1. The maximum atomic E-state index is 14.2. The summed E-state index contributed by atoms with van der Waals surface area (Å²) in [7, 11) is 0. The van der Waals surface area contributed by atoms with Crippen LogP contribution in [0.25, 0.3) is 0 Å². The smallest absolute Gasteiger partial charge is 0.258 e. The van der Waals surface area contributed by atoms with E-state index in [-0.39, 0.29) is 11.5 Å². The summed E-state index contributed by atoms with van der Waals surface area (Å²) in [5.41, 5.74) is 1.89. The van der Waals surface area contributed by atoms with Crippen molar-refractivity contribution in [2.45, 2.75) is 32.6 Å². The summed E-state index contributed by atoms with van der Waals surface area (Å²) < 4.78 is 14.2. The molecule has 1 fully saturated rings. The van der Waals surface area contributed by atoms with Crippen LogP contribution in [0.5, 0.6) is 0 Å². The fraction of sp³-hybridized carbons (Fsp3) is 0.333. The van der Waals surface area contributed by atoms with Gasteiger partial charge in [-0.15, -0.1) is 0 Å². The summed E-state index contributed by atoms with van der Waals surface area (Å²) in [4.78, 5) is 26.2. The van der Waals surface area contributed by atoms with E-state index < -0.39 is 11.7 Å². The molecule has 5 nitrogen and oxygen atoms in total. The van der Waals surface area contributed by atoms with Gasteiger partial charge in [0.2, 0.25) is 5.91 Å². The zero-order valence-electron chi connectivity index (χ0n) is 15.4. The molecule has 0 atom stereocenters. The lowest BCUT2D eigenvalue weighted by Gasteiger charge is -2.25. The molecule has 0 unspecified atom stereocenters. The second-order valence-corrected chi connectivity index (χ2v) is 6.75. The van der Waals surface area contributed by atoms with Crippen LogP contribution in [0.15, 0.2) is 42.5 Å². The van der Waals surface area contributed by atoms with Gasteiger partial charge in [-0.3, -0.25) is 9.59 Å². The van der Waals surface area contributed by atoms with Gasteiger partial charge < -0.3 is 15.5 Å². The molecule has 2 aromatic rings.